The molecule has 0 heterocycles. The molecule has 0 saturated heterocycles. The molecule has 0 aliphatic heterocycles. The lowest BCUT2D eigenvalue weighted by atomic mass is 9.97. The van der Waals surface area contributed by atoms with Crippen molar-refractivity contribution in [1.82, 2.24) is 0 Å². The van der Waals surface area contributed by atoms with Gasteiger partial charge in [0.1, 0.15) is 18.4 Å². The summed E-state index contributed by atoms with van der Waals surface area (Å²) in [5, 5.41) is -1.85. The van der Waals surface area contributed by atoms with Crippen molar-refractivity contribution in [3.63, 3.8) is 0 Å². The van der Waals surface area contributed by atoms with Gasteiger partial charge in [0.25, 0.3) is 0 Å². The maximum atomic E-state index is 12.0. The summed E-state index contributed by atoms with van der Waals surface area (Å²) in [5.41, 5.74) is -1.65. The Kier molecular flexibility index (Phi) is 7.43. The van der Waals surface area contributed by atoms with Crippen LogP contribution in [0.4, 0.5) is 0 Å². The normalized spacial score (nSPS) is 13.3. The number of hydrogen-bond donors (Lipinski definition) is 2. The molecule has 0 aromatic carbocycles. The highest BCUT2D eigenvalue weighted by molar-refractivity contribution is 7.53. The summed E-state index contributed by atoms with van der Waals surface area (Å²) in [6, 6.07) is 0. The number of esters is 2. The van der Waals surface area contributed by atoms with Gasteiger partial charge in [0, 0.05) is 0 Å². The molecule has 140 valence electrons. The average Bonchev–Trinajstić information content (AvgIpc) is 2.37. The van der Waals surface area contributed by atoms with Crippen LogP contribution in [0.1, 0.15) is 48.0 Å². The molecule has 0 bridgehead atoms. The van der Waals surface area contributed by atoms with Gasteiger partial charge in [-0.15, -0.1) is 6.58 Å². The Balaban J connectivity index is 5.44. The first-order valence-corrected chi connectivity index (χ1v) is 9.19. The number of allylic oxidation sites excluding steroid dienone is 1. The Hall–Kier alpha value is -1.17. The number of carbonyl (C=O) groups is 2. The molecule has 0 fully saturated rings. The van der Waals surface area contributed by atoms with Crippen LogP contribution in [-0.2, 0) is 23.6 Å². The van der Waals surface area contributed by atoms with Crippen molar-refractivity contribution in [3.05, 3.63) is 12.7 Å². The number of rotatable bonds is 7. The quantitative estimate of drug-likeness (QED) is 0.406. The summed E-state index contributed by atoms with van der Waals surface area (Å²) >= 11 is 0. The summed E-state index contributed by atoms with van der Waals surface area (Å²) in [5.74, 6) is -1.21. The molecule has 0 aliphatic carbocycles. The molecule has 0 spiro atoms. The third kappa shape index (κ3) is 6.38. The molecule has 0 aromatic rings. The maximum absolute atomic E-state index is 12.0. The maximum Gasteiger partial charge on any atom is 0.338 e. The smallest absolute Gasteiger partial charge is 0.338 e. The van der Waals surface area contributed by atoms with E-state index in [0.29, 0.717) is 0 Å². The predicted molar refractivity (Wildman–Crippen MR) is 90.4 cm³/mol. The van der Waals surface area contributed by atoms with Crippen molar-refractivity contribution in [1.29, 1.82) is 0 Å². The Labute approximate surface area is 143 Å². The fourth-order valence-corrected chi connectivity index (χ4v) is 2.38. The summed E-state index contributed by atoms with van der Waals surface area (Å²) in [7, 11) is -4.77. The van der Waals surface area contributed by atoms with Crippen LogP contribution in [-0.4, -0.2) is 40.1 Å². The molecule has 0 atom stereocenters. The second-order valence-corrected chi connectivity index (χ2v) is 9.95. The number of ether oxygens (including phenoxy) is 2. The molecule has 0 unspecified atom stereocenters. The second kappa shape index (κ2) is 7.81. The van der Waals surface area contributed by atoms with E-state index in [4.69, 9.17) is 9.47 Å². The van der Waals surface area contributed by atoms with Gasteiger partial charge in [-0.25, -0.2) is 0 Å². The largest absolute Gasteiger partial charge is 0.464 e. The highest BCUT2D eigenvalue weighted by Crippen LogP contribution is 2.53. The van der Waals surface area contributed by atoms with Gasteiger partial charge in [-0.2, -0.15) is 0 Å². The van der Waals surface area contributed by atoms with Gasteiger partial charge in [-0.1, -0.05) is 6.08 Å². The van der Waals surface area contributed by atoms with Crippen molar-refractivity contribution < 1.29 is 33.4 Å². The third-order valence-corrected chi connectivity index (χ3v) is 4.99. The van der Waals surface area contributed by atoms with Crippen LogP contribution < -0.4 is 0 Å². The van der Waals surface area contributed by atoms with Gasteiger partial charge < -0.3 is 19.3 Å². The fourth-order valence-electron chi connectivity index (χ4n) is 1.55. The molecule has 0 aromatic heterocycles. The molecule has 8 heteroatoms. The highest BCUT2D eigenvalue weighted by atomic mass is 31.2. The third-order valence-electron chi connectivity index (χ3n) is 3.31. The summed E-state index contributed by atoms with van der Waals surface area (Å²) in [6.07, 6.45) is 1.13. The van der Waals surface area contributed by atoms with E-state index in [1.165, 1.54) is 6.08 Å². The van der Waals surface area contributed by atoms with Crippen LogP contribution in [0.25, 0.3) is 0 Å². The lowest BCUT2D eigenvalue weighted by molar-refractivity contribution is -0.158. The second-order valence-electron chi connectivity index (χ2n) is 7.91. The fraction of sp³-hybridized carbons (Fsp3) is 0.750. The minimum Gasteiger partial charge on any atom is -0.464 e. The molecule has 0 radical (unpaired) electrons. The van der Waals surface area contributed by atoms with Gasteiger partial charge in [-0.05, 0) is 48.0 Å². The van der Waals surface area contributed by atoms with Gasteiger partial charge >= 0.3 is 19.5 Å². The standard InChI is InChI=1S/C16H29O7P/c1-8-9-16(24(19,20)21,10-22-12(17)14(2,3)4)11-23-13(18)15(5,6)7/h8H,1,9-11H2,2-7H3,(H2,19,20,21). The Morgan fingerprint density at radius 1 is 0.958 bits per heavy atom. The molecular weight excluding hydrogens is 335 g/mol. The summed E-state index contributed by atoms with van der Waals surface area (Å²) in [4.78, 5) is 43.4. The zero-order valence-corrected chi connectivity index (χ0v) is 16.2. The van der Waals surface area contributed by atoms with E-state index in [9.17, 15) is 23.9 Å². The summed E-state index contributed by atoms with van der Waals surface area (Å²) < 4.78 is 22.2. The molecular formula is C16H29O7P. The SMILES string of the molecule is C=CCC(COC(=O)C(C)(C)C)(COC(=O)C(C)(C)C)P(=O)(O)O. The van der Waals surface area contributed by atoms with E-state index in [1.807, 2.05) is 0 Å². The first-order valence-electron chi connectivity index (χ1n) is 7.58. The van der Waals surface area contributed by atoms with Crippen LogP contribution in [0.2, 0.25) is 0 Å². The van der Waals surface area contributed by atoms with E-state index in [1.54, 1.807) is 41.5 Å². The van der Waals surface area contributed by atoms with Crippen molar-refractivity contribution >= 4 is 19.5 Å². The van der Waals surface area contributed by atoms with Crippen molar-refractivity contribution in [2.24, 2.45) is 10.8 Å². The Morgan fingerprint density at radius 3 is 1.50 bits per heavy atom. The van der Waals surface area contributed by atoms with Gasteiger partial charge in [0.2, 0.25) is 0 Å². The minimum absolute atomic E-state index is 0.174. The van der Waals surface area contributed by atoms with Gasteiger partial charge in [0.05, 0.1) is 10.8 Å². The average molecular weight is 364 g/mol. The van der Waals surface area contributed by atoms with Crippen molar-refractivity contribution in [3.8, 4) is 0 Å². The zero-order valence-electron chi connectivity index (χ0n) is 15.3. The summed E-state index contributed by atoms with van der Waals surface area (Å²) in [6.45, 7) is 12.1. The van der Waals surface area contributed by atoms with Crippen LogP contribution >= 0.6 is 7.60 Å². The molecule has 7 nitrogen and oxygen atoms in total. The van der Waals surface area contributed by atoms with Crippen LogP contribution in [0.3, 0.4) is 0 Å². The lowest BCUT2D eigenvalue weighted by Gasteiger charge is -2.33. The van der Waals surface area contributed by atoms with Crippen molar-refractivity contribution in [2.45, 2.75) is 53.1 Å². The molecule has 2 N–H and O–H groups in total. The predicted octanol–water partition coefficient (Wildman–Crippen LogP) is 2.66. The van der Waals surface area contributed by atoms with E-state index in [0.717, 1.165) is 0 Å². The Bertz CT molecular complexity index is 490. The van der Waals surface area contributed by atoms with E-state index < -0.39 is 48.7 Å². The van der Waals surface area contributed by atoms with E-state index >= 15 is 0 Å². The van der Waals surface area contributed by atoms with E-state index in [-0.39, 0.29) is 6.42 Å². The van der Waals surface area contributed by atoms with Crippen molar-refractivity contribution in [2.75, 3.05) is 13.2 Å². The topological polar surface area (TPSA) is 110 Å². The molecule has 0 saturated carbocycles. The highest BCUT2D eigenvalue weighted by Gasteiger charge is 2.49. The number of carbonyl (C=O) groups excluding carboxylic acids is 2. The Morgan fingerprint density at radius 2 is 1.29 bits per heavy atom. The molecule has 24 heavy (non-hydrogen) atoms. The lowest BCUT2D eigenvalue weighted by Crippen LogP contribution is -2.43. The first-order chi connectivity index (χ1) is 10.6. The molecule has 0 aliphatic rings. The molecule has 0 amide bonds. The van der Waals surface area contributed by atoms with Crippen LogP contribution in [0.15, 0.2) is 12.7 Å². The van der Waals surface area contributed by atoms with Gasteiger partial charge in [-0.3, -0.25) is 14.2 Å². The van der Waals surface area contributed by atoms with E-state index in [2.05, 4.69) is 6.58 Å². The van der Waals surface area contributed by atoms with Gasteiger partial charge in [0.15, 0.2) is 0 Å². The van der Waals surface area contributed by atoms with Crippen LogP contribution in [0, 0.1) is 10.8 Å². The monoisotopic (exact) mass is 364 g/mol. The first kappa shape index (κ1) is 22.8. The zero-order chi connectivity index (χ0) is 19.4. The van der Waals surface area contributed by atoms with Crippen LogP contribution in [0.5, 0.6) is 0 Å². The number of hydrogen-bond acceptors (Lipinski definition) is 5. The minimum atomic E-state index is -4.77. The molecule has 0 rings (SSSR count).